The Labute approximate surface area is 387 Å². The molecule has 0 aromatic heterocycles. The Morgan fingerprint density at radius 2 is 0.738 bits per heavy atom. The van der Waals surface area contributed by atoms with Crippen molar-refractivity contribution in [3.8, 4) is 44.5 Å². The van der Waals surface area contributed by atoms with Crippen LogP contribution in [-0.2, 0) is 5.41 Å². The molecule has 1 atom stereocenters. The van der Waals surface area contributed by atoms with Gasteiger partial charge in [0.15, 0.2) is 0 Å². The quantitative estimate of drug-likeness (QED) is 0.138. The number of para-hydroxylation sites is 1. The molecule has 0 amide bonds. The van der Waals surface area contributed by atoms with Crippen molar-refractivity contribution in [3.05, 3.63) is 241 Å². The molecule has 10 radical (unpaired) electrons. The third kappa shape index (κ3) is 6.46. The standard InChI is InChI=1S/C59H36B5N/c60-54-53(55(61)57(63)58(64)56(54)62)59(40-20-8-3-9-21-40)50-26-14-12-25-48(50)49-33-32-42(36-51(49)59)65(52-27-15-13-22-45(52)38-18-6-2-7-19-38)41-30-28-39(29-31-41)44-35-34-43(37-16-4-1-5-17-37)46-23-10-11-24-47(44)46/h1-36H. The van der Waals surface area contributed by atoms with Gasteiger partial charge >= 0.3 is 0 Å². The third-order valence-electron chi connectivity index (χ3n) is 13.2. The summed E-state index contributed by atoms with van der Waals surface area (Å²) in [4.78, 5) is 2.35. The Hall–Kier alpha value is -7.42. The number of hydrogen-bond acceptors (Lipinski definition) is 1. The van der Waals surface area contributed by atoms with Crippen LogP contribution < -0.4 is 32.2 Å². The van der Waals surface area contributed by atoms with Gasteiger partial charge in [0, 0.05) is 16.9 Å². The average Bonchev–Trinajstić information content (AvgIpc) is 3.66. The molecule has 1 aliphatic carbocycles. The Morgan fingerprint density at radius 3 is 1.35 bits per heavy atom. The van der Waals surface area contributed by atoms with Crippen LogP contribution >= 0.6 is 0 Å². The molecule has 0 saturated carbocycles. The first-order chi connectivity index (χ1) is 31.9. The highest BCUT2D eigenvalue weighted by molar-refractivity contribution is 6.67. The molecule has 0 aliphatic heterocycles. The maximum atomic E-state index is 7.12. The van der Waals surface area contributed by atoms with E-state index in [2.05, 4.69) is 199 Å². The monoisotopic (exact) mass is 813 g/mol. The van der Waals surface area contributed by atoms with Crippen LogP contribution in [0.4, 0.5) is 17.1 Å². The van der Waals surface area contributed by atoms with E-state index in [9.17, 15) is 0 Å². The van der Waals surface area contributed by atoms with Crippen molar-refractivity contribution in [3.63, 3.8) is 0 Å². The molecular formula is C59H36B5N. The fourth-order valence-electron chi connectivity index (χ4n) is 10.2. The summed E-state index contributed by atoms with van der Waals surface area (Å²) in [6, 6.07) is 77.3. The molecule has 0 spiro atoms. The highest BCUT2D eigenvalue weighted by Crippen LogP contribution is 2.57. The molecule has 11 rings (SSSR count). The molecule has 6 heteroatoms. The zero-order valence-corrected chi connectivity index (χ0v) is 35.6. The number of hydrogen-bond donors (Lipinski definition) is 0. The molecule has 1 unspecified atom stereocenters. The van der Waals surface area contributed by atoms with Gasteiger partial charge in [-0.15, -0.1) is 27.3 Å². The zero-order chi connectivity index (χ0) is 44.2. The summed E-state index contributed by atoms with van der Waals surface area (Å²) in [7, 11) is 34.1. The Balaban J connectivity index is 1.15. The van der Waals surface area contributed by atoms with Gasteiger partial charge in [-0.3, -0.25) is 0 Å². The van der Waals surface area contributed by atoms with Crippen LogP contribution in [0.25, 0.3) is 55.3 Å². The summed E-state index contributed by atoms with van der Waals surface area (Å²) in [5.41, 5.74) is 15.8. The number of fused-ring (bicyclic) bond motifs is 4. The lowest BCUT2D eigenvalue weighted by Crippen LogP contribution is -2.59. The zero-order valence-electron chi connectivity index (χ0n) is 35.6. The normalized spacial score (nSPS) is 13.9. The molecule has 1 aliphatic rings. The van der Waals surface area contributed by atoms with Gasteiger partial charge in [0.2, 0.25) is 0 Å². The minimum atomic E-state index is -1.02. The maximum Gasteiger partial charge on any atom is 0.113 e. The Morgan fingerprint density at radius 1 is 0.308 bits per heavy atom. The van der Waals surface area contributed by atoms with E-state index in [1.807, 2.05) is 24.3 Å². The van der Waals surface area contributed by atoms with Gasteiger partial charge in [-0.1, -0.05) is 188 Å². The van der Waals surface area contributed by atoms with Crippen LogP contribution in [0, 0.1) is 0 Å². The Kier molecular flexibility index (Phi) is 10.1. The van der Waals surface area contributed by atoms with Crippen LogP contribution in [-0.4, -0.2) is 39.2 Å². The molecule has 10 aromatic rings. The van der Waals surface area contributed by atoms with Gasteiger partial charge in [-0.25, -0.2) is 0 Å². The molecule has 0 heterocycles. The third-order valence-corrected chi connectivity index (χ3v) is 13.2. The molecule has 10 aromatic carbocycles. The van der Waals surface area contributed by atoms with E-state index in [0.29, 0.717) is 16.5 Å². The predicted octanol–water partition coefficient (Wildman–Crippen LogP) is 9.64. The summed E-state index contributed by atoms with van der Waals surface area (Å²) < 4.78 is 0. The number of nitrogens with zero attached hydrogens (tertiary/aromatic N) is 1. The summed E-state index contributed by atoms with van der Waals surface area (Å²) in [6.07, 6.45) is 0. The van der Waals surface area contributed by atoms with E-state index in [-0.39, 0.29) is 16.4 Å². The summed E-state index contributed by atoms with van der Waals surface area (Å²) in [5, 5.41) is 2.41. The molecule has 0 N–H and O–H groups in total. The van der Waals surface area contributed by atoms with E-state index in [1.165, 1.54) is 27.5 Å². The molecule has 1 nitrogen and oxygen atoms in total. The maximum absolute atomic E-state index is 7.12. The highest BCUT2D eigenvalue weighted by Gasteiger charge is 2.48. The molecule has 292 valence electrons. The molecule has 0 fully saturated rings. The van der Waals surface area contributed by atoms with Crippen molar-refractivity contribution >= 4 is 94.4 Å². The smallest absolute Gasteiger partial charge is 0.113 e. The van der Waals surface area contributed by atoms with E-state index in [4.69, 9.17) is 39.2 Å². The second-order valence-corrected chi connectivity index (χ2v) is 16.7. The largest absolute Gasteiger partial charge is 0.310 e. The summed E-state index contributed by atoms with van der Waals surface area (Å²) in [6.45, 7) is 0. The molecule has 65 heavy (non-hydrogen) atoms. The number of rotatable bonds is 8. The van der Waals surface area contributed by atoms with Gasteiger partial charge < -0.3 is 4.90 Å². The Bertz CT molecular complexity index is 3400. The second-order valence-electron chi connectivity index (χ2n) is 16.7. The van der Waals surface area contributed by atoms with Crippen LogP contribution in [0.1, 0.15) is 22.3 Å². The predicted molar refractivity (Wildman–Crippen MR) is 279 cm³/mol. The number of anilines is 3. The van der Waals surface area contributed by atoms with Gasteiger partial charge in [0.1, 0.15) is 39.2 Å². The van der Waals surface area contributed by atoms with Crippen LogP contribution in [0.3, 0.4) is 0 Å². The first kappa shape index (κ1) is 40.4. The van der Waals surface area contributed by atoms with Gasteiger partial charge in [-0.2, -0.15) is 0 Å². The second kappa shape index (κ2) is 16.3. The minimum Gasteiger partial charge on any atom is -0.310 e. The van der Waals surface area contributed by atoms with E-state index in [1.54, 1.807) is 0 Å². The minimum absolute atomic E-state index is 0.180. The first-order valence-corrected chi connectivity index (χ1v) is 21.8. The fraction of sp³-hybridized carbons (Fsp3) is 0.0169. The lowest BCUT2D eigenvalue weighted by Gasteiger charge is -2.39. The van der Waals surface area contributed by atoms with Crippen molar-refractivity contribution in [1.82, 2.24) is 0 Å². The lowest BCUT2D eigenvalue weighted by molar-refractivity contribution is 0.780. The SMILES string of the molecule is [B]c1c([B])c([B])c(C2(c3ccccc3)c3ccccc3-c3ccc(N(c4ccc(-c5ccc(-c6ccccc6)c6ccccc56)cc4)c4ccccc4-c4ccccc4)cc32)c([B])c1[B]. The van der Waals surface area contributed by atoms with Crippen molar-refractivity contribution in [1.29, 1.82) is 0 Å². The molecular weight excluding hydrogens is 777 g/mol. The number of benzene rings is 10. The van der Waals surface area contributed by atoms with Crippen LogP contribution in [0.5, 0.6) is 0 Å². The lowest BCUT2D eigenvalue weighted by atomic mass is 9.53. The van der Waals surface area contributed by atoms with Crippen molar-refractivity contribution < 1.29 is 0 Å². The van der Waals surface area contributed by atoms with E-state index >= 15 is 0 Å². The first-order valence-electron chi connectivity index (χ1n) is 21.8. The van der Waals surface area contributed by atoms with Crippen LogP contribution in [0.2, 0.25) is 0 Å². The van der Waals surface area contributed by atoms with Crippen molar-refractivity contribution in [2.45, 2.75) is 5.41 Å². The fourth-order valence-corrected chi connectivity index (χ4v) is 10.2. The average molecular weight is 813 g/mol. The molecule has 0 bridgehead atoms. The van der Waals surface area contributed by atoms with Crippen LogP contribution in [0.15, 0.2) is 218 Å². The van der Waals surface area contributed by atoms with Gasteiger partial charge in [0.25, 0.3) is 0 Å². The molecule has 0 saturated heterocycles. The topological polar surface area (TPSA) is 3.24 Å². The van der Waals surface area contributed by atoms with Crippen molar-refractivity contribution in [2.75, 3.05) is 4.90 Å². The summed E-state index contributed by atoms with van der Waals surface area (Å²) in [5.74, 6) is 0. The van der Waals surface area contributed by atoms with Gasteiger partial charge in [0.05, 0.1) is 11.1 Å². The van der Waals surface area contributed by atoms with E-state index < -0.39 is 5.41 Å². The highest BCUT2D eigenvalue weighted by atomic mass is 15.1. The summed E-state index contributed by atoms with van der Waals surface area (Å²) >= 11 is 0. The van der Waals surface area contributed by atoms with Gasteiger partial charge in [-0.05, 0) is 102 Å². The van der Waals surface area contributed by atoms with Crippen molar-refractivity contribution in [2.24, 2.45) is 0 Å². The van der Waals surface area contributed by atoms with E-state index in [0.717, 1.165) is 61.6 Å².